The van der Waals surface area contributed by atoms with E-state index in [0.29, 0.717) is 18.3 Å². The molecule has 0 aromatic carbocycles. The van der Waals surface area contributed by atoms with Crippen molar-refractivity contribution in [3.8, 4) is 0 Å². The van der Waals surface area contributed by atoms with Crippen molar-refractivity contribution in [1.82, 2.24) is 4.90 Å². The molecule has 0 radical (unpaired) electrons. The first kappa shape index (κ1) is 57.2. The predicted octanol–water partition coefficient (Wildman–Crippen LogP) is 16.4. The molecule has 4 rings (SSSR count). The molecule has 6 nitrogen and oxygen atoms in total. The number of nitrogens with zero attached hydrogens (tertiary/aromatic N) is 1. The first-order valence-corrected chi connectivity index (χ1v) is 29.3. The van der Waals surface area contributed by atoms with Crippen LogP contribution in [0.2, 0.25) is 0 Å². The van der Waals surface area contributed by atoms with Crippen LogP contribution in [0.3, 0.4) is 0 Å². The fourth-order valence-electron chi connectivity index (χ4n) is 14.7. The molecule has 0 saturated heterocycles. The van der Waals surface area contributed by atoms with Crippen LogP contribution in [-0.2, 0) is 19.1 Å². The van der Waals surface area contributed by atoms with Crippen LogP contribution in [0.15, 0.2) is 11.6 Å². The number of fused-ring (bicyclic) bond motifs is 5. The molecule has 1 N–H and O–H groups in total. The number of allylic oxidation sites excluding steroid dienone is 1. The Bertz CT molecular complexity index is 1360. The van der Waals surface area contributed by atoms with Crippen LogP contribution in [-0.4, -0.2) is 60.4 Å². The van der Waals surface area contributed by atoms with Crippen molar-refractivity contribution in [2.75, 3.05) is 26.2 Å². The standard InChI is InChI=1S/C60H109NO5/c1-9-11-13-15-16-21-32-51(31-20-14-12-10-2)65-56(63)33-22-17-18-24-41-61(43-26-27-44-62)42-25-19-23-34-57(64)66-52-39-40-59(7)50(45-52)35-36-53-55-38-37-54(48(5)30-28-29-47(3)4)60(55,8)46-49(6)58(53)59/h35,47-49,51-55,58,62H,9-34,36-46H2,1-8H3/t48-,49?,51?,52+,53?,54-,55+,58?,59+,60-/m1/s1. The van der Waals surface area contributed by atoms with Gasteiger partial charge in [-0.05, 0) is 175 Å². The Balaban J connectivity index is 1.12. The highest BCUT2D eigenvalue weighted by molar-refractivity contribution is 5.69. The van der Waals surface area contributed by atoms with Crippen molar-refractivity contribution in [2.24, 2.45) is 52.3 Å². The van der Waals surface area contributed by atoms with Gasteiger partial charge in [0.15, 0.2) is 0 Å². The van der Waals surface area contributed by atoms with Gasteiger partial charge in [0, 0.05) is 25.9 Å². The van der Waals surface area contributed by atoms with Gasteiger partial charge in [0.25, 0.3) is 0 Å². The maximum atomic E-state index is 13.2. The van der Waals surface area contributed by atoms with Crippen LogP contribution in [0.4, 0.5) is 0 Å². The summed E-state index contributed by atoms with van der Waals surface area (Å²) in [5, 5.41) is 9.43. The molecule has 6 heteroatoms. The molecule has 10 atom stereocenters. The quantitative estimate of drug-likeness (QED) is 0.0383. The average Bonchev–Trinajstić information content (AvgIpc) is 3.63. The number of aliphatic hydroxyl groups excluding tert-OH is 1. The fraction of sp³-hybridized carbons (Fsp3) is 0.933. The lowest BCUT2D eigenvalue weighted by atomic mass is 9.44. The van der Waals surface area contributed by atoms with E-state index in [2.05, 4.69) is 66.4 Å². The van der Waals surface area contributed by atoms with E-state index in [9.17, 15) is 14.7 Å². The molecule has 4 unspecified atom stereocenters. The molecule has 66 heavy (non-hydrogen) atoms. The van der Waals surface area contributed by atoms with Crippen molar-refractivity contribution in [3.05, 3.63) is 11.6 Å². The lowest BCUT2D eigenvalue weighted by Gasteiger charge is -2.61. The summed E-state index contributed by atoms with van der Waals surface area (Å²) in [6.07, 6.45) is 40.4. The van der Waals surface area contributed by atoms with Crippen molar-refractivity contribution >= 4 is 11.9 Å². The minimum Gasteiger partial charge on any atom is -0.462 e. The summed E-state index contributed by atoms with van der Waals surface area (Å²) >= 11 is 0. The minimum absolute atomic E-state index is 0.00295. The van der Waals surface area contributed by atoms with Crippen molar-refractivity contribution in [1.29, 1.82) is 0 Å². The largest absolute Gasteiger partial charge is 0.462 e. The van der Waals surface area contributed by atoms with E-state index in [0.717, 1.165) is 145 Å². The first-order chi connectivity index (χ1) is 31.9. The van der Waals surface area contributed by atoms with E-state index in [4.69, 9.17) is 9.47 Å². The maximum Gasteiger partial charge on any atom is 0.306 e. The van der Waals surface area contributed by atoms with Gasteiger partial charge in [0.1, 0.15) is 12.2 Å². The summed E-state index contributed by atoms with van der Waals surface area (Å²) in [4.78, 5) is 28.6. The highest BCUT2D eigenvalue weighted by Crippen LogP contribution is 2.69. The van der Waals surface area contributed by atoms with E-state index >= 15 is 0 Å². The van der Waals surface area contributed by atoms with Crippen LogP contribution in [0, 0.1) is 52.3 Å². The van der Waals surface area contributed by atoms with E-state index in [1.54, 1.807) is 5.57 Å². The van der Waals surface area contributed by atoms with Crippen LogP contribution in [0.1, 0.15) is 267 Å². The molecular weight excluding hydrogens is 815 g/mol. The van der Waals surface area contributed by atoms with Gasteiger partial charge in [-0.25, -0.2) is 0 Å². The number of carbonyl (C=O) groups is 2. The summed E-state index contributed by atoms with van der Waals surface area (Å²) in [6.45, 7) is 23.1. The number of ether oxygens (including phenoxy) is 2. The average molecular weight is 925 g/mol. The zero-order valence-electron chi connectivity index (χ0n) is 45.0. The van der Waals surface area contributed by atoms with Crippen molar-refractivity contribution < 1.29 is 24.2 Å². The normalized spacial score (nSPS) is 28.1. The molecular formula is C60H109NO5. The third-order valence-corrected chi connectivity index (χ3v) is 18.2. The van der Waals surface area contributed by atoms with Crippen molar-refractivity contribution in [3.63, 3.8) is 0 Å². The summed E-state index contributed by atoms with van der Waals surface area (Å²) in [6, 6.07) is 0. The maximum absolute atomic E-state index is 13.2. The zero-order valence-corrected chi connectivity index (χ0v) is 45.0. The molecule has 4 aliphatic carbocycles. The molecule has 0 heterocycles. The Hall–Kier alpha value is -1.40. The highest BCUT2D eigenvalue weighted by Gasteiger charge is 2.61. The molecule has 0 spiro atoms. The summed E-state index contributed by atoms with van der Waals surface area (Å²) < 4.78 is 12.3. The van der Waals surface area contributed by atoms with Crippen LogP contribution in [0.25, 0.3) is 0 Å². The number of hydrogen-bond donors (Lipinski definition) is 1. The Kier molecular flexibility index (Phi) is 26.9. The van der Waals surface area contributed by atoms with Gasteiger partial charge >= 0.3 is 11.9 Å². The van der Waals surface area contributed by atoms with Gasteiger partial charge in [-0.15, -0.1) is 0 Å². The molecule has 3 saturated carbocycles. The van der Waals surface area contributed by atoms with Crippen LogP contribution < -0.4 is 0 Å². The number of hydrogen-bond acceptors (Lipinski definition) is 6. The van der Waals surface area contributed by atoms with Gasteiger partial charge in [0.05, 0.1) is 0 Å². The summed E-state index contributed by atoms with van der Waals surface area (Å²) in [5.74, 6) is 5.75. The third kappa shape index (κ3) is 18.4. The Morgan fingerprint density at radius 2 is 1.30 bits per heavy atom. The first-order valence-electron chi connectivity index (χ1n) is 29.3. The zero-order chi connectivity index (χ0) is 47.8. The van der Waals surface area contributed by atoms with Crippen LogP contribution >= 0.6 is 0 Å². The van der Waals surface area contributed by atoms with E-state index in [1.807, 2.05) is 0 Å². The molecule has 0 aromatic rings. The molecule has 0 aliphatic heterocycles. The van der Waals surface area contributed by atoms with Gasteiger partial charge in [0.2, 0.25) is 0 Å². The summed E-state index contributed by atoms with van der Waals surface area (Å²) in [5.41, 5.74) is 2.36. The van der Waals surface area contributed by atoms with Crippen LogP contribution in [0.5, 0.6) is 0 Å². The van der Waals surface area contributed by atoms with E-state index in [1.165, 1.54) is 116 Å². The molecule has 4 aliphatic rings. The second-order valence-corrected chi connectivity index (χ2v) is 24.0. The fourth-order valence-corrected chi connectivity index (χ4v) is 14.7. The highest BCUT2D eigenvalue weighted by atomic mass is 16.5. The van der Waals surface area contributed by atoms with Gasteiger partial charge in [-0.2, -0.15) is 0 Å². The lowest BCUT2D eigenvalue weighted by Crippen LogP contribution is -2.54. The molecule has 384 valence electrons. The number of aliphatic hydroxyl groups is 1. The van der Waals surface area contributed by atoms with Gasteiger partial charge in [-0.3, -0.25) is 9.59 Å². The smallest absolute Gasteiger partial charge is 0.306 e. The number of esters is 2. The summed E-state index contributed by atoms with van der Waals surface area (Å²) in [7, 11) is 0. The second-order valence-electron chi connectivity index (χ2n) is 24.0. The van der Waals surface area contributed by atoms with Gasteiger partial charge < -0.3 is 19.5 Å². The SMILES string of the molecule is CCCCCCCCC(CCCCCC)OC(=O)CCCCCCN(CCCCO)CCCCCC(=O)O[C@H]1CC[C@@]2(C)C(=CCC3C2C(C)C[C@]2(C)[C@@H]([C@H](C)CCCC(C)C)CC[C@@H]32)C1. The monoisotopic (exact) mass is 924 g/mol. The molecule has 3 fully saturated rings. The Labute approximate surface area is 409 Å². The predicted molar refractivity (Wildman–Crippen MR) is 278 cm³/mol. The second kappa shape index (κ2) is 31.0. The Morgan fingerprint density at radius 1 is 0.712 bits per heavy atom. The number of rotatable bonds is 36. The number of carbonyl (C=O) groups excluding carboxylic acids is 2. The third-order valence-electron chi connectivity index (χ3n) is 18.2. The molecule has 0 amide bonds. The van der Waals surface area contributed by atoms with Crippen molar-refractivity contribution in [2.45, 2.75) is 279 Å². The minimum atomic E-state index is 0.00295. The van der Waals surface area contributed by atoms with E-state index < -0.39 is 0 Å². The number of unbranched alkanes of at least 4 members (excludes halogenated alkanes) is 14. The molecule has 0 aromatic heterocycles. The topological polar surface area (TPSA) is 76.1 Å². The van der Waals surface area contributed by atoms with E-state index in [-0.39, 0.29) is 36.2 Å². The lowest BCUT2D eigenvalue weighted by molar-refractivity contribution is -0.152. The Morgan fingerprint density at radius 3 is 1.97 bits per heavy atom. The van der Waals surface area contributed by atoms with Gasteiger partial charge in [-0.1, -0.05) is 157 Å². The molecule has 0 bridgehead atoms.